The Morgan fingerprint density at radius 1 is 0.611 bits per heavy atom. The van der Waals surface area contributed by atoms with Crippen molar-refractivity contribution < 1.29 is 81.2 Å². The largest absolute Gasteiger partial charge is 0.481 e. The van der Waals surface area contributed by atoms with Gasteiger partial charge in [-0.1, -0.05) is 78.1 Å². The molecular formula is C48H70F3N7O14. The van der Waals surface area contributed by atoms with E-state index in [1.54, 1.807) is 52.0 Å². The van der Waals surface area contributed by atoms with Crippen LogP contribution in [0.5, 0.6) is 0 Å². The number of halogens is 3. The average molecular weight is 1030 g/mol. The van der Waals surface area contributed by atoms with Crippen molar-refractivity contribution in [2.24, 2.45) is 17.3 Å². The van der Waals surface area contributed by atoms with Crippen LogP contribution in [0.3, 0.4) is 0 Å². The van der Waals surface area contributed by atoms with Crippen molar-refractivity contribution in [2.45, 2.75) is 180 Å². The number of rotatable bonds is 28. The normalized spacial score (nSPS) is 16.0. The van der Waals surface area contributed by atoms with E-state index in [0.717, 1.165) is 32.1 Å². The van der Waals surface area contributed by atoms with Crippen molar-refractivity contribution in [3.8, 4) is 0 Å². The molecule has 0 bridgehead atoms. The predicted molar refractivity (Wildman–Crippen MR) is 251 cm³/mol. The highest BCUT2D eigenvalue weighted by molar-refractivity contribution is 6.38. The topological polar surface area (TPSA) is 333 Å². The van der Waals surface area contributed by atoms with Gasteiger partial charge in [-0.3, -0.25) is 52.7 Å². The number of hydrogen-bond acceptors (Lipinski definition) is 11. The monoisotopic (exact) mass is 1030 g/mol. The molecular weight excluding hydrogens is 956 g/mol. The zero-order valence-electron chi connectivity index (χ0n) is 41.7. The number of hydrogen-bond donors (Lipinski definition) is 10. The molecule has 0 aliphatic heterocycles. The van der Waals surface area contributed by atoms with E-state index >= 15 is 0 Å². The quantitative estimate of drug-likeness (QED) is 0.0539. The summed E-state index contributed by atoms with van der Waals surface area (Å²) in [6.07, 6.45) is -6.79. The van der Waals surface area contributed by atoms with Crippen LogP contribution in [0.1, 0.15) is 130 Å². The van der Waals surface area contributed by atoms with E-state index in [0.29, 0.717) is 11.1 Å². The van der Waals surface area contributed by atoms with Gasteiger partial charge in [0.2, 0.25) is 41.2 Å². The maximum absolute atomic E-state index is 14.4. The van der Waals surface area contributed by atoms with Gasteiger partial charge in [-0.05, 0) is 67.9 Å². The summed E-state index contributed by atoms with van der Waals surface area (Å²) < 4.78 is 41.7. The van der Waals surface area contributed by atoms with Gasteiger partial charge in [0.05, 0.1) is 19.3 Å². The van der Waals surface area contributed by atoms with Gasteiger partial charge in [-0.25, -0.2) is 0 Å². The number of carbonyl (C=O) groups excluding carboxylic acids is 8. The number of Topliss-reactive ketones (excluding diaryl/α,β-unsaturated/α-hetero) is 1. The van der Waals surface area contributed by atoms with E-state index in [4.69, 9.17) is 5.11 Å². The van der Waals surface area contributed by atoms with Crippen molar-refractivity contribution in [2.75, 3.05) is 0 Å². The van der Waals surface area contributed by atoms with Crippen LogP contribution in [0.25, 0.3) is 0 Å². The first kappa shape index (κ1) is 61.5. The minimum Gasteiger partial charge on any atom is -0.481 e. The molecule has 1 saturated carbocycles. The molecule has 0 unspecified atom stereocenters. The average Bonchev–Trinajstić information content (AvgIpc) is 3.27. The Bertz CT molecular complexity index is 2120. The highest BCUT2D eigenvalue weighted by atomic mass is 19.4. The summed E-state index contributed by atoms with van der Waals surface area (Å²) in [5.41, 5.74) is -0.0640. The van der Waals surface area contributed by atoms with E-state index in [1.165, 1.54) is 20.8 Å². The summed E-state index contributed by atoms with van der Waals surface area (Å²) in [7, 11) is 0. The molecule has 1 aliphatic carbocycles. The Kier molecular flexibility index (Phi) is 24.3. The summed E-state index contributed by atoms with van der Waals surface area (Å²) in [5, 5.41) is 44.2. The second kappa shape index (κ2) is 28.4. The summed E-state index contributed by atoms with van der Waals surface area (Å²) in [4.78, 5) is 143. The maximum Gasteiger partial charge on any atom is 0.391 e. The fourth-order valence-electron chi connectivity index (χ4n) is 8.00. The molecule has 1 aromatic rings. The SMILES string of the molecule is Cc1ccccc1C[C@H](NC(=O)[C@H](CCC(=O)O)NC(=O)[C@H](CC(=O)O)NC(=O)CCC(=O)O)C(=O)N[C@H](C(=O)N[C@@H](CC(C)C)C(=O)N[C@@H](CC(F)(F)F)C(=O)C(=O)N[C@@H](C)C1CCCCC1)C(C)(C)C. The Balaban J connectivity index is 2.49. The van der Waals surface area contributed by atoms with Gasteiger partial charge in [0.25, 0.3) is 5.91 Å². The van der Waals surface area contributed by atoms with Crippen molar-refractivity contribution in [3.05, 3.63) is 35.4 Å². The number of amides is 7. The van der Waals surface area contributed by atoms with Gasteiger partial charge in [0, 0.05) is 25.3 Å². The molecule has 0 radical (unpaired) electrons. The summed E-state index contributed by atoms with van der Waals surface area (Å²) >= 11 is 0. The van der Waals surface area contributed by atoms with Gasteiger partial charge >= 0.3 is 24.1 Å². The lowest BCUT2D eigenvalue weighted by Crippen LogP contribution is -2.62. The molecule has 21 nitrogen and oxygen atoms in total. The minimum atomic E-state index is -5.02. The minimum absolute atomic E-state index is 0.00220. The molecule has 0 aromatic heterocycles. The number of aryl methyl sites for hydroxylation is 1. The predicted octanol–water partition coefficient (Wildman–Crippen LogP) is 2.35. The number of alkyl halides is 3. The molecule has 1 aromatic carbocycles. The molecule has 7 amide bonds. The molecule has 1 aliphatic rings. The van der Waals surface area contributed by atoms with Crippen LogP contribution in [-0.2, 0) is 59.2 Å². The van der Waals surface area contributed by atoms with Crippen LogP contribution in [0.15, 0.2) is 24.3 Å². The van der Waals surface area contributed by atoms with E-state index < -0.39 is 163 Å². The number of carbonyl (C=O) groups is 11. The third-order valence-electron chi connectivity index (χ3n) is 12.0. The Morgan fingerprint density at radius 2 is 1.14 bits per heavy atom. The van der Waals surface area contributed by atoms with E-state index in [1.807, 2.05) is 5.32 Å². The van der Waals surface area contributed by atoms with Crippen LogP contribution in [0.2, 0.25) is 0 Å². The van der Waals surface area contributed by atoms with E-state index in [-0.39, 0.29) is 18.8 Å². The second-order valence-corrected chi connectivity index (χ2v) is 19.7. The van der Waals surface area contributed by atoms with Gasteiger partial charge < -0.3 is 52.5 Å². The Hall–Kier alpha value is -6.62. The number of benzene rings is 1. The summed E-state index contributed by atoms with van der Waals surface area (Å²) in [6.45, 7) is 11.2. The van der Waals surface area contributed by atoms with Gasteiger partial charge in [0.15, 0.2) is 0 Å². The van der Waals surface area contributed by atoms with Crippen molar-refractivity contribution in [1.29, 1.82) is 0 Å². The lowest BCUT2D eigenvalue weighted by atomic mass is 9.84. The summed E-state index contributed by atoms with van der Waals surface area (Å²) in [5.74, 6) is -14.3. The standard InChI is InChI=1S/C48H70F3N7O14/c1-25(2)21-31(42(68)57-34(24-48(49,50)51)39(66)45(71)52-27(4)28-14-9-8-10-15-28)56-46(72)40(47(5,6)7)58-44(70)32(22-29-16-12-11-13-26(29)3)55-41(67)30(17-19-36(60)61)54-43(69)33(23-38(64)65)53-35(59)18-20-37(62)63/h11-13,16,25,27-28,30-34,40H,8-10,14-15,17-24H2,1-7H3,(H,52,71)(H,53,59)(H,54,69)(H,55,67)(H,56,72)(H,57,68)(H,58,70)(H,60,61)(H,62,63)(H,64,65)/t27-,30-,31-,32-,33-,34-,40+/m0/s1. The third kappa shape index (κ3) is 22.2. The van der Waals surface area contributed by atoms with E-state index in [9.17, 15) is 76.1 Å². The molecule has 1 fully saturated rings. The number of carboxylic acids is 3. The highest BCUT2D eigenvalue weighted by Crippen LogP contribution is 2.27. The first-order valence-electron chi connectivity index (χ1n) is 23.8. The fourth-order valence-corrected chi connectivity index (χ4v) is 8.00. The second-order valence-electron chi connectivity index (χ2n) is 19.7. The Morgan fingerprint density at radius 3 is 1.68 bits per heavy atom. The van der Waals surface area contributed by atoms with Gasteiger partial charge in [0.1, 0.15) is 36.3 Å². The van der Waals surface area contributed by atoms with Crippen LogP contribution in [0.4, 0.5) is 13.2 Å². The molecule has 10 N–H and O–H groups in total. The number of carboxylic acid groups (broad SMARTS) is 3. The molecule has 7 atom stereocenters. The maximum atomic E-state index is 14.4. The van der Waals surface area contributed by atoms with E-state index in [2.05, 4.69) is 31.9 Å². The number of ketones is 1. The van der Waals surface area contributed by atoms with Crippen LogP contribution in [0, 0.1) is 24.2 Å². The van der Waals surface area contributed by atoms with Gasteiger partial charge in [-0.2, -0.15) is 13.2 Å². The summed E-state index contributed by atoms with van der Waals surface area (Å²) in [6, 6.07) is -4.69. The van der Waals surface area contributed by atoms with Crippen molar-refractivity contribution in [1.82, 2.24) is 37.2 Å². The van der Waals surface area contributed by atoms with Crippen molar-refractivity contribution >= 4 is 65.0 Å². The molecule has 402 valence electrons. The molecule has 0 heterocycles. The highest BCUT2D eigenvalue weighted by Gasteiger charge is 2.42. The number of aliphatic carboxylic acids is 3. The first-order valence-corrected chi connectivity index (χ1v) is 23.8. The molecule has 2 rings (SSSR count). The number of nitrogens with one attached hydrogen (secondary N) is 7. The molecule has 0 saturated heterocycles. The smallest absolute Gasteiger partial charge is 0.391 e. The van der Waals surface area contributed by atoms with Crippen LogP contribution < -0.4 is 37.2 Å². The van der Waals surface area contributed by atoms with Crippen LogP contribution >= 0.6 is 0 Å². The molecule has 0 spiro atoms. The zero-order chi connectivity index (χ0) is 54.7. The lowest BCUT2D eigenvalue weighted by molar-refractivity contribution is -0.154. The van der Waals surface area contributed by atoms with Gasteiger partial charge in [-0.15, -0.1) is 0 Å². The van der Waals surface area contributed by atoms with Crippen molar-refractivity contribution in [3.63, 3.8) is 0 Å². The Labute approximate surface area is 415 Å². The van der Waals surface area contributed by atoms with Crippen LogP contribution in [-0.4, -0.2) is 129 Å². The first-order chi connectivity index (χ1) is 33.4. The molecule has 24 heteroatoms. The zero-order valence-corrected chi connectivity index (χ0v) is 41.7. The molecule has 72 heavy (non-hydrogen) atoms. The fraction of sp³-hybridized carbons (Fsp3) is 0.646. The lowest BCUT2D eigenvalue weighted by Gasteiger charge is -2.34. The third-order valence-corrected chi connectivity index (χ3v) is 12.0.